The van der Waals surface area contributed by atoms with Crippen molar-refractivity contribution >= 4 is 27.4 Å². The molecular formula is C11H6ClF4N3O2S. The molecule has 0 amide bonds. The maximum absolute atomic E-state index is 13.0. The molecule has 118 valence electrons. The Kier molecular flexibility index (Phi) is 4.25. The lowest BCUT2D eigenvalue weighted by Crippen LogP contribution is -2.15. The molecule has 1 N–H and O–H groups in total. The first-order chi connectivity index (χ1) is 10.1. The van der Waals surface area contributed by atoms with Crippen LogP contribution < -0.4 is 4.72 Å². The molecule has 2 aromatic rings. The van der Waals surface area contributed by atoms with E-state index in [1.807, 2.05) is 4.72 Å². The number of hydrogen-bond acceptors (Lipinski definition) is 4. The summed E-state index contributed by atoms with van der Waals surface area (Å²) in [4.78, 5) is 6.00. The lowest BCUT2D eigenvalue weighted by atomic mass is 10.3. The lowest BCUT2D eigenvalue weighted by Gasteiger charge is -2.09. The zero-order chi connectivity index (χ0) is 16.5. The number of anilines is 1. The first-order valence-corrected chi connectivity index (χ1v) is 7.33. The van der Waals surface area contributed by atoms with Gasteiger partial charge in [-0.15, -0.1) is 0 Å². The van der Waals surface area contributed by atoms with Gasteiger partial charge in [0.1, 0.15) is 5.82 Å². The van der Waals surface area contributed by atoms with E-state index in [1.54, 1.807) is 0 Å². The molecule has 5 nitrogen and oxygen atoms in total. The van der Waals surface area contributed by atoms with Gasteiger partial charge in [0.05, 0.1) is 22.3 Å². The van der Waals surface area contributed by atoms with Crippen molar-refractivity contribution in [2.45, 2.75) is 11.1 Å². The smallest absolute Gasteiger partial charge is 0.262 e. The molecule has 2 rings (SSSR count). The van der Waals surface area contributed by atoms with Gasteiger partial charge in [-0.3, -0.25) is 4.72 Å². The van der Waals surface area contributed by atoms with Crippen LogP contribution in [0.25, 0.3) is 0 Å². The van der Waals surface area contributed by atoms with Crippen LogP contribution in [-0.4, -0.2) is 18.4 Å². The van der Waals surface area contributed by atoms with Gasteiger partial charge in [0.15, 0.2) is 11.5 Å². The van der Waals surface area contributed by atoms with Crippen LogP contribution in [0.2, 0.25) is 5.02 Å². The van der Waals surface area contributed by atoms with E-state index in [2.05, 4.69) is 9.97 Å². The summed E-state index contributed by atoms with van der Waals surface area (Å²) < 4.78 is 75.8. The van der Waals surface area contributed by atoms with Crippen LogP contribution >= 0.6 is 11.6 Å². The molecule has 1 aromatic heterocycles. The predicted octanol–water partition coefficient (Wildman–Crippen LogP) is 3.09. The number of alkyl halides is 3. The number of sulfonamides is 1. The van der Waals surface area contributed by atoms with Gasteiger partial charge in [0.25, 0.3) is 10.0 Å². The number of halogens is 5. The van der Waals surface area contributed by atoms with E-state index in [9.17, 15) is 26.0 Å². The SMILES string of the molecule is O=S(=O)(Nc1cnc(C(F)(F)F)cn1)c1ccc(F)c(Cl)c1. The van der Waals surface area contributed by atoms with Crippen LogP contribution in [0.4, 0.5) is 23.4 Å². The molecule has 1 heterocycles. The third-order valence-electron chi connectivity index (χ3n) is 2.38. The van der Waals surface area contributed by atoms with Crippen LogP contribution in [0.3, 0.4) is 0 Å². The monoisotopic (exact) mass is 355 g/mol. The number of nitrogens with zero attached hydrogens (tertiary/aromatic N) is 2. The van der Waals surface area contributed by atoms with E-state index in [0.29, 0.717) is 12.4 Å². The Morgan fingerprint density at radius 1 is 1.14 bits per heavy atom. The Labute approximate surface area is 127 Å². The first-order valence-electron chi connectivity index (χ1n) is 5.47. The summed E-state index contributed by atoms with van der Waals surface area (Å²) in [5.41, 5.74) is -1.26. The van der Waals surface area contributed by atoms with E-state index in [0.717, 1.165) is 18.2 Å². The molecule has 1 aromatic carbocycles. The van der Waals surface area contributed by atoms with Gasteiger partial charge in [-0.1, -0.05) is 11.6 Å². The summed E-state index contributed by atoms with van der Waals surface area (Å²) in [5.74, 6) is -1.23. The molecule has 0 spiro atoms. The van der Waals surface area contributed by atoms with Crippen LogP contribution in [0.5, 0.6) is 0 Å². The largest absolute Gasteiger partial charge is 0.434 e. The van der Waals surface area contributed by atoms with Crippen molar-refractivity contribution in [2.75, 3.05) is 4.72 Å². The van der Waals surface area contributed by atoms with E-state index in [-0.39, 0.29) is 4.90 Å². The van der Waals surface area contributed by atoms with Gasteiger partial charge in [-0.25, -0.2) is 22.8 Å². The highest BCUT2D eigenvalue weighted by molar-refractivity contribution is 7.92. The van der Waals surface area contributed by atoms with Gasteiger partial charge in [0, 0.05) is 0 Å². The van der Waals surface area contributed by atoms with Crippen molar-refractivity contribution in [3.8, 4) is 0 Å². The summed E-state index contributed by atoms with van der Waals surface area (Å²) in [6, 6.07) is 2.65. The Morgan fingerprint density at radius 3 is 2.32 bits per heavy atom. The normalized spacial score (nSPS) is 12.2. The van der Waals surface area contributed by atoms with Crippen molar-refractivity contribution in [2.24, 2.45) is 0 Å². The molecule has 11 heteroatoms. The molecule has 0 radical (unpaired) electrons. The van der Waals surface area contributed by atoms with Crippen molar-refractivity contribution in [1.82, 2.24) is 9.97 Å². The van der Waals surface area contributed by atoms with Crippen LogP contribution in [0, 0.1) is 5.82 Å². The second kappa shape index (κ2) is 5.69. The van der Waals surface area contributed by atoms with E-state index >= 15 is 0 Å². The standard InChI is InChI=1S/C11H6ClF4N3O2S/c12-7-3-6(1-2-8(7)13)22(20,21)19-10-5-17-9(4-18-10)11(14,15)16/h1-5H,(H,18,19). The predicted molar refractivity (Wildman–Crippen MR) is 69.3 cm³/mol. The van der Waals surface area contributed by atoms with Crippen molar-refractivity contribution in [3.63, 3.8) is 0 Å². The quantitative estimate of drug-likeness (QED) is 0.859. The zero-order valence-electron chi connectivity index (χ0n) is 10.4. The Bertz CT molecular complexity index is 794. The van der Waals surface area contributed by atoms with E-state index in [1.165, 1.54) is 0 Å². The minimum absolute atomic E-state index is 0.374. The van der Waals surface area contributed by atoms with Crippen LogP contribution in [0.1, 0.15) is 5.69 Å². The highest BCUT2D eigenvalue weighted by Crippen LogP contribution is 2.27. The average Bonchev–Trinajstić information content (AvgIpc) is 2.41. The summed E-state index contributed by atoms with van der Waals surface area (Å²) in [6.45, 7) is 0. The van der Waals surface area contributed by atoms with Gasteiger partial charge in [0.2, 0.25) is 0 Å². The van der Waals surface area contributed by atoms with Gasteiger partial charge in [-0.2, -0.15) is 13.2 Å². The second-order valence-corrected chi connectivity index (χ2v) is 6.06. The minimum Gasteiger partial charge on any atom is -0.262 e. The first kappa shape index (κ1) is 16.4. The van der Waals surface area contributed by atoms with Gasteiger partial charge in [-0.05, 0) is 18.2 Å². The maximum Gasteiger partial charge on any atom is 0.434 e. The minimum atomic E-state index is -4.69. The second-order valence-electron chi connectivity index (χ2n) is 3.97. The van der Waals surface area contributed by atoms with Crippen molar-refractivity contribution in [3.05, 3.63) is 47.1 Å². The van der Waals surface area contributed by atoms with Gasteiger partial charge < -0.3 is 0 Å². The summed E-state index contributed by atoms with van der Waals surface area (Å²) >= 11 is 5.47. The molecule has 0 saturated heterocycles. The molecule has 0 unspecified atom stereocenters. The lowest BCUT2D eigenvalue weighted by molar-refractivity contribution is -0.141. The number of rotatable bonds is 3. The van der Waals surface area contributed by atoms with Gasteiger partial charge >= 0.3 is 6.18 Å². The number of benzene rings is 1. The molecule has 0 atom stereocenters. The fourth-order valence-electron chi connectivity index (χ4n) is 1.37. The summed E-state index contributed by atoms with van der Waals surface area (Å²) in [6.07, 6.45) is -3.68. The number of nitrogens with one attached hydrogen (secondary N) is 1. The van der Waals surface area contributed by atoms with E-state index < -0.39 is 38.6 Å². The molecular weight excluding hydrogens is 350 g/mol. The van der Waals surface area contributed by atoms with Crippen molar-refractivity contribution < 1.29 is 26.0 Å². The molecule has 0 bridgehead atoms. The zero-order valence-corrected chi connectivity index (χ0v) is 12.0. The third-order valence-corrected chi connectivity index (χ3v) is 4.02. The highest BCUT2D eigenvalue weighted by atomic mass is 35.5. The molecule has 22 heavy (non-hydrogen) atoms. The maximum atomic E-state index is 13.0. The molecule has 0 fully saturated rings. The average molecular weight is 356 g/mol. The molecule has 0 aliphatic heterocycles. The van der Waals surface area contributed by atoms with Crippen molar-refractivity contribution in [1.29, 1.82) is 0 Å². The fraction of sp³-hybridized carbons (Fsp3) is 0.0909. The Hall–Kier alpha value is -1.94. The van der Waals surface area contributed by atoms with Crippen LogP contribution in [-0.2, 0) is 16.2 Å². The van der Waals surface area contributed by atoms with E-state index in [4.69, 9.17) is 11.6 Å². The fourth-order valence-corrected chi connectivity index (χ4v) is 2.63. The molecule has 0 saturated carbocycles. The summed E-state index contributed by atoms with van der Waals surface area (Å²) in [7, 11) is -4.19. The summed E-state index contributed by atoms with van der Waals surface area (Å²) in [5, 5.41) is -0.415. The Morgan fingerprint density at radius 2 is 1.82 bits per heavy atom. The molecule has 0 aliphatic carbocycles. The topological polar surface area (TPSA) is 72.0 Å². The highest BCUT2D eigenvalue weighted by Gasteiger charge is 2.32. The van der Waals surface area contributed by atoms with Crippen LogP contribution in [0.15, 0.2) is 35.5 Å². The molecule has 0 aliphatic rings. The number of hydrogen-bond donors (Lipinski definition) is 1. The Balaban J connectivity index is 2.27. The number of aromatic nitrogens is 2. The third kappa shape index (κ3) is 3.63.